The Kier molecular flexibility index (Phi) is 4.39. The smallest absolute Gasteiger partial charge is 0.243 e. The molecule has 0 spiro atoms. The fourth-order valence-electron chi connectivity index (χ4n) is 1.54. The number of nitrogens with one attached hydrogen (secondary N) is 2. The molecule has 0 aliphatic carbocycles. The summed E-state index contributed by atoms with van der Waals surface area (Å²) in [7, 11) is 0. The highest BCUT2D eigenvalue weighted by Crippen LogP contribution is 2.25. The Bertz CT molecular complexity index is 422. The topological polar surface area (TPSA) is 50.4 Å². The number of amides is 1. The third kappa shape index (κ3) is 3.42. The van der Waals surface area contributed by atoms with Crippen molar-refractivity contribution >= 4 is 39.1 Å². The number of carbonyl (C=O) groups is 1. The lowest BCUT2D eigenvalue weighted by molar-refractivity contribution is -0.120. The summed E-state index contributed by atoms with van der Waals surface area (Å²) in [5.41, 5.74) is 0.604. The molecule has 2 N–H and O–H groups in total. The number of ether oxygens (including phenoxy) is 1. The molecule has 1 amide bonds. The van der Waals surface area contributed by atoms with Gasteiger partial charge in [-0.3, -0.25) is 4.79 Å². The highest BCUT2D eigenvalue weighted by Gasteiger charge is 2.21. The van der Waals surface area contributed by atoms with Crippen LogP contribution in [0.5, 0.6) is 0 Å². The Labute approximate surface area is 113 Å². The first-order valence-corrected chi connectivity index (χ1v) is 6.41. The number of hydrogen-bond acceptors (Lipinski definition) is 3. The van der Waals surface area contributed by atoms with Crippen molar-refractivity contribution in [1.29, 1.82) is 0 Å². The summed E-state index contributed by atoms with van der Waals surface area (Å²) in [6.45, 7) is 1.72. The SMILES string of the molecule is O=C(Nc1ccc(Br)cc1Cl)C1COCCN1. The molecular formula is C11H12BrClN2O2. The van der Waals surface area contributed by atoms with E-state index in [4.69, 9.17) is 16.3 Å². The molecule has 1 heterocycles. The Morgan fingerprint density at radius 3 is 3.06 bits per heavy atom. The number of halogens is 2. The van der Waals surface area contributed by atoms with Gasteiger partial charge in [0.2, 0.25) is 5.91 Å². The van der Waals surface area contributed by atoms with Gasteiger partial charge in [-0.25, -0.2) is 0 Å². The molecule has 2 rings (SSSR count). The van der Waals surface area contributed by atoms with Crippen LogP contribution in [0.2, 0.25) is 5.02 Å². The van der Waals surface area contributed by atoms with Crippen LogP contribution in [-0.2, 0) is 9.53 Å². The fraction of sp³-hybridized carbons (Fsp3) is 0.364. The van der Waals surface area contributed by atoms with E-state index in [0.29, 0.717) is 30.5 Å². The fourth-order valence-corrected chi connectivity index (χ4v) is 2.27. The second-order valence-corrected chi connectivity index (χ2v) is 5.02. The van der Waals surface area contributed by atoms with Gasteiger partial charge in [0.25, 0.3) is 0 Å². The summed E-state index contributed by atoms with van der Waals surface area (Å²) < 4.78 is 6.10. The summed E-state index contributed by atoms with van der Waals surface area (Å²) in [4.78, 5) is 11.9. The Hall–Kier alpha value is -0.620. The lowest BCUT2D eigenvalue weighted by Crippen LogP contribution is -2.48. The molecule has 0 aromatic heterocycles. The van der Waals surface area contributed by atoms with E-state index in [1.54, 1.807) is 12.1 Å². The van der Waals surface area contributed by atoms with E-state index in [2.05, 4.69) is 26.6 Å². The maximum atomic E-state index is 11.9. The number of hydrogen-bond donors (Lipinski definition) is 2. The van der Waals surface area contributed by atoms with Gasteiger partial charge in [0.05, 0.1) is 23.9 Å². The molecule has 1 aliphatic heterocycles. The van der Waals surface area contributed by atoms with E-state index >= 15 is 0 Å². The van der Waals surface area contributed by atoms with Crippen LogP contribution in [0.25, 0.3) is 0 Å². The average molecular weight is 320 g/mol. The molecule has 0 saturated carbocycles. The number of carbonyl (C=O) groups excluding carboxylic acids is 1. The van der Waals surface area contributed by atoms with Gasteiger partial charge in [0.15, 0.2) is 0 Å². The molecule has 1 aromatic rings. The minimum absolute atomic E-state index is 0.131. The zero-order valence-corrected chi connectivity index (χ0v) is 11.3. The maximum absolute atomic E-state index is 11.9. The van der Waals surface area contributed by atoms with Crippen molar-refractivity contribution in [3.8, 4) is 0 Å². The molecule has 1 aromatic carbocycles. The molecule has 6 heteroatoms. The number of benzene rings is 1. The van der Waals surface area contributed by atoms with Crippen LogP contribution in [0, 0.1) is 0 Å². The highest BCUT2D eigenvalue weighted by atomic mass is 79.9. The van der Waals surface area contributed by atoms with E-state index in [9.17, 15) is 4.79 Å². The lowest BCUT2D eigenvalue weighted by atomic mass is 10.2. The van der Waals surface area contributed by atoms with E-state index in [-0.39, 0.29) is 11.9 Å². The van der Waals surface area contributed by atoms with Crippen LogP contribution < -0.4 is 10.6 Å². The average Bonchev–Trinajstić information content (AvgIpc) is 2.34. The monoisotopic (exact) mass is 318 g/mol. The first kappa shape index (κ1) is 12.8. The third-order valence-electron chi connectivity index (χ3n) is 2.43. The van der Waals surface area contributed by atoms with Crippen molar-refractivity contribution in [3.05, 3.63) is 27.7 Å². The molecule has 0 bridgehead atoms. The Morgan fingerprint density at radius 2 is 2.41 bits per heavy atom. The standard InChI is InChI=1S/C11H12BrClN2O2/c12-7-1-2-9(8(13)5-7)15-11(16)10-6-17-4-3-14-10/h1-2,5,10,14H,3-4,6H2,(H,15,16). The van der Waals surface area contributed by atoms with Gasteiger partial charge in [0.1, 0.15) is 6.04 Å². The van der Waals surface area contributed by atoms with Crippen LogP contribution in [0.3, 0.4) is 0 Å². The highest BCUT2D eigenvalue weighted by molar-refractivity contribution is 9.10. The second kappa shape index (κ2) is 5.82. The Balaban J connectivity index is 2.02. The van der Waals surface area contributed by atoms with Gasteiger partial charge in [-0.1, -0.05) is 27.5 Å². The summed E-state index contributed by atoms with van der Waals surface area (Å²) in [5, 5.41) is 6.36. The van der Waals surface area contributed by atoms with Gasteiger partial charge in [0, 0.05) is 11.0 Å². The number of anilines is 1. The van der Waals surface area contributed by atoms with Crippen molar-refractivity contribution in [2.75, 3.05) is 25.1 Å². The van der Waals surface area contributed by atoms with Crippen LogP contribution in [-0.4, -0.2) is 31.7 Å². The molecule has 1 unspecified atom stereocenters. The summed E-state index contributed by atoms with van der Waals surface area (Å²) in [6.07, 6.45) is 0. The predicted octanol–water partition coefficient (Wildman–Crippen LogP) is 2.03. The van der Waals surface area contributed by atoms with Gasteiger partial charge in [-0.05, 0) is 18.2 Å². The lowest BCUT2D eigenvalue weighted by Gasteiger charge is -2.23. The first-order chi connectivity index (χ1) is 8.16. The van der Waals surface area contributed by atoms with Gasteiger partial charge in [-0.2, -0.15) is 0 Å². The van der Waals surface area contributed by atoms with Crippen molar-refractivity contribution in [3.63, 3.8) is 0 Å². The zero-order chi connectivity index (χ0) is 12.3. The molecule has 1 saturated heterocycles. The minimum Gasteiger partial charge on any atom is -0.378 e. The maximum Gasteiger partial charge on any atom is 0.243 e. The molecule has 0 radical (unpaired) electrons. The van der Waals surface area contributed by atoms with E-state index < -0.39 is 0 Å². The van der Waals surface area contributed by atoms with Crippen molar-refractivity contribution in [1.82, 2.24) is 5.32 Å². The third-order valence-corrected chi connectivity index (χ3v) is 3.23. The molecule has 4 nitrogen and oxygen atoms in total. The summed E-state index contributed by atoms with van der Waals surface area (Å²) in [5.74, 6) is -0.131. The molecule has 1 fully saturated rings. The summed E-state index contributed by atoms with van der Waals surface area (Å²) in [6, 6.07) is 5.01. The summed E-state index contributed by atoms with van der Waals surface area (Å²) >= 11 is 9.33. The van der Waals surface area contributed by atoms with Crippen LogP contribution >= 0.6 is 27.5 Å². The quantitative estimate of drug-likeness (QED) is 0.877. The number of rotatable bonds is 2. The Morgan fingerprint density at radius 1 is 1.59 bits per heavy atom. The van der Waals surface area contributed by atoms with Gasteiger partial charge >= 0.3 is 0 Å². The minimum atomic E-state index is -0.316. The van der Waals surface area contributed by atoms with Gasteiger partial charge in [-0.15, -0.1) is 0 Å². The van der Waals surface area contributed by atoms with Crippen molar-refractivity contribution in [2.45, 2.75) is 6.04 Å². The predicted molar refractivity (Wildman–Crippen MR) is 70.4 cm³/mol. The van der Waals surface area contributed by atoms with Crippen molar-refractivity contribution in [2.24, 2.45) is 0 Å². The molecule has 92 valence electrons. The van der Waals surface area contributed by atoms with Crippen LogP contribution in [0.4, 0.5) is 5.69 Å². The largest absolute Gasteiger partial charge is 0.378 e. The zero-order valence-electron chi connectivity index (χ0n) is 9.00. The second-order valence-electron chi connectivity index (χ2n) is 3.70. The van der Waals surface area contributed by atoms with Crippen LogP contribution in [0.15, 0.2) is 22.7 Å². The van der Waals surface area contributed by atoms with Crippen molar-refractivity contribution < 1.29 is 9.53 Å². The molecular weight excluding hydrogens is 307 g/mol. The normalized spacial score (nSPS) is 20.0. The van der Waals surface area contributed by atoms with E-state index in [1.807, 2.05) is 6.07 Å². The molecule has 1 aliphatic rings. The number of morpholine rings is 1. The molecule has 1 atom stereocenters. The van der Waals surface area contributed by atoms with Gasteiger partial charge < -0.3 is 15.4 Å². The van der Waals surface area contributed by atoms with Crippen LogP contribution in [0.1, 0.15) is 0 Å². The van der Waals surface area contributed by atoms with E-state index in [1.165, 1.54) is 0 Å². The molecule has 17 heavy (non-hydrogen) atoms. The first-order valence-electron chi connectivity index (χ1n) is 5.24. The van der Waals surface area contributed by atoms with E-state index in [0.717, 1.165) is 4.47 Å².